The number of para-hydroxylation sites is 1. The first-order valence-corrected chi connectivity index (χ1v) is 7.82. The Labute approximate surface area is 128 Å². The van der Waals surface area contributed by atoms with Crippen LogP contribution in [0.5, 0.6) is 0 Å². The van der Waals surface area contributed by atoms with Crippen molar-refractivity contribution in [1.29, 1.82) is 0 Å². The summed E-state index contributed by atoms with van der Waals surface area (Å²) in [7, 11) is 0. The third kappa shape index (κ3) is 2.45. The predicted molar refractivity (Wildman–Crippen MR) is 87.9 cm³/mol. The van der Waals surface area contributed by atoms with Crippen molar-refractivity contribution in [3.8, 4) is 17.1 Å². The second-order valence-electron chi connectivity index (χ2n) is 5.30. The summed E-state index contributed by atoms with van der Waals surface area (Å²) in [6, 6.07) is 9.96. The maximum Gasteiger partial charge on any atom is 0.131 e. The van der Waals surface area contributed by atoms with Gasteiger partial charge in [0.1, 0.15) is 17.2 Å². The van der Waals surface area contributed by atoms with Gasteiger partial charge in [-0.15, -0.1) is 11.3 Å². The van der Waals surface area contributed by atoms with Crippen molar-refractivity contribution in [2.24, 2.45) is 0 Å². The molecular weight excluding hydrogens is 280 g/mol. The van der Waals surface area contributed by atoms with Gasteiger partial charge in [0.2, 0.25) is 0 Å². The summed E-state index contributed by atoms with van der Waals surface area (Å²) in [5.74, 6) is 0.983. The zero-order chi connectivity index (χ0) is 15.0. The number of rotatable bonds is 3. The molecule has 0 bridgehead atoms. The number of benzene rings is 1. The second-order valence-corrected chi connectivity index (χ2v) is 6.36. The molecule has 21 heavy (non-hydrogen) atoms. The average Bonchev–Trinajstić information content (AvgIpc) is 3.03. The number of aromatic nitrogens is 3. The van der Waals surface area contributed by atoms with Gasteiger partial charge >= 0.3 is 0 Å². The maximum atomic E-state index is 6.36. The van der Waals surface area contributed by atoms with E-state index in [1.165, 1.54) is 0 Å². The molecular formula is C16H18N4S. The van der Waals surface area contributed by atoms with E-state index in [0.717, 1.165) is 27.6 Å². The smallest absolute Gasteiger partial charge is 0.131 e. The molecule has 3 rings (SSSR count). The molecule has 1 aromatic carbocycles. The van der Waals surface area contributed by atoms with E-state index < -0.39 is 0 Å². The minimum Gasteiger partial charge on any atom is -0.383 e. The van der Waals surface area contributed by atoms with Crippen molar-refractivity contribution < 1.29 is 0 Å². The highest BCUT2D eigenvalue weighted by atomic mass is 32.1. The lowest BCUT2D eigenvalue weighted by atomic mass is 10.0. The van der Waals surface area contributed by atoms with E-state index in [9.17, 15) is 0 Å². The molecule has 0 fully saturated rings. The molecule has 0 saturated heterocycles. The SMILES string of the molecule is Cc1nc(-c2nn(-c3ccccc3)c(N)c2C(C)C)cs1. The molecule has 0 saturated carbocycles. The first-order valence-electron chi connectivity index (χ1n) is 6.94. The Morgan fingerprint density at radius 2 is 1.90 bits per heavy atom. The molecule has 0 aliphatic heterocycles. The first-order chi connectivity index (χ1) is 10.1. The van der Waals surface area contributed by atoms with Crippen LogP contribution in [0.25, 0.3) is 17.1 Å². The molecule has 0 unspecified atom stereocenters. The normalized spacial score (nSPS) is 11.2. The first kappa shape index (κ1) is 13.8. The van der Waals surface area contributed by atoms with Gasteiger partial charge in [-0.25, -0.2) is 9.67 Å². The standard InChI is InChI=1S/C16H18N4S/c1-10(2)14-15(13-9-21-11(3)18-13)19-20(16(14)17)12-7-5-4-6-8-12/h4-10H,17H2,1-3H3. The van der Waals surface area contributed by atoms with E-state index >= 15 is 0 Å². The summed E-state index contributed by atoms with van der Waals surface area (Å²) in [4.78, 5) is 4.56. The van der Waals surface area contributed by atoms with Gasteiger partial charge in [0.05, 0.1) is 10.7 Å². The number of hydrogen-bond donors (Lipinski definition) is 1. The molecule has 0 aliphatic rings. The number of aryl methyl sites for hydroxylation is 1. The quantitative estimate of drug-likeness (QED) is 0.795. The lowest BCUT2D eigenvalue weighted by molar-refractivity contribution is 0.867. The molecule has 2 aromatic heterocycles. The van der Waals surface area contributed by atoms with E-state index in [2.05, 4.69) is 18.8 Å². The second kappa shape index (κ2) is 5.33. The molecule has 0 atom stereocenters. The van der Waals surface area contributed by atoms with Gasteiger partial charge in [0.25, 0.3) is 0 Å². The van der Waals surface area contributed by atoms with Crippen LogP contribution in [0, 0.1) is 6.92 Å². The molecule has 0 radical (unpaired) electrons. The van der Waals surface area contributed by atoms with E-state index in [1.54, 1.807) is 16.0 Å². The van der Waals surface area contributed by atoms with Crippen LogP contribution < -0.4 is 5.73 Å². The van der Waals surface area contributed by atoms with Crippen molar-refractivity contribution in [3.63, 3.8) is 0 Å². The monoisotopic (exact) mass is 298 g/mol. The number of nitrogen functional groups attached to an aromatic ring is 1. The van der Waals surface area contributed by atoms with Gasteiger partial charge in [-0.05, 0) is 25.0 Å². The maximum absolute atomic E-state index is 6.36. The fraction of sp³-hybridized carbons (Fsp3) is 0.250. The van der Waals surface area contributed by atoms with Crippen molar-refractivity contribution in [3.05, 3.63) is 46.3 Å². The number of anilines is 1. The lowest BCUT2D eigenvalue weighted by Gasteiger charge is -2.07. The molecule has 5 heteroatoms. The minimum absolute atomic E-state index is 0.291. The fourth-order valence-corrected chi connectivity index (χ4v) is 3.04. The zero-order valence-corrected chi connectivity index (χ0v) is 13.2. The van der Waals surface area contributed by atoms with Gasteiger partial charge in [0.15, 0.2) is 0 Å². The van der Waals surface area contributed by atoms with Crippen LogP contribution >= 0.6 is 11.3 Å². The molecule has 4 nitrogen and oxygen atoms in total. The van der Waals surface area contributed by atoms with Gasteiger partial charge in [0, 0.05) is 10.9 Å². The third-order valence-electron chi connectivity index (χ3n) is 3.40. The Kier molecular flexibility index (Phi) is 3.51. The topological polar surface area (TPSA) is 56.7 Å². The molecule has 0 aliphatic carbocycles. The summed E-state index contributed by atoms with van der Waals surface area (Å²) in [6.07, 6.45) is 0. The molecule has 2 N–H and O–H groups in total. The molecule has 108 valence electrons. The third-order valence-corrected chi connectivity index (χ3v) is 4.17. The van der Waals surface area contributed by atoms with Crippen LogP contribution in [-0.2, 0) is 0 Å². The fourth-order valence-electron chi connectivity index (χ4n) is 2.44. The summed E-state index contributed by atoms with van der Waals surface area (Å²) >= 11 is 1.63. The van der Waals surface area contributed by atoms with E-state index in [0.29, 0.717) is 11.7 Å². The summed E-state index contributed by atoms with van der Waals surface area (Å²) < 4.78 is 1.80. The van der Waals surface area contributed by atoms with Crippen molar-refractivity contribution in [2.75, 3.05) is 5.73 Å². The summed E-state index contributed by atoms with van der Waals surface area (Å²) in [5.41, 5.74) is 10.2. The Morgan fingerprint density at radius 1 is 1.19 bits per heavy atom. The molecule has 3 aromatic rings. The van der Waals surface area contributed by atoms with Gasteiger partial charge in [-0.3, -0.25) is 0 Å². The number of hydrogen-bond acceptors (Lipinski definition) is 4. The van der Waals surface area contributed by atoms with Crippen molar-refractivity contribution >= 4 is 17.2 Å². The van der Waals surface area contributed by atoms with Gasteiger partial charge < -0.3 is 5.73 Å². The Hall–Kier alpha value is -2.14. The van der Waals surface area contributed by atoms with Crippen LogP contribution in [0.1, 0.15) is 30.3 Å². The summed E-state index contributed by atoms with van der Waals surface area (Å²) in [5, 5.41) is 7.80. The largest absolute Gasteiger partial charge is 0.383 e. The van der Waals surface area contributed by atoms with Crippen molar-refractivity contribution in [2.45, 2.75) is 26.7 Å². The van der Waals surface area contributed by atoms with Crippen molar-refractivity contribution in [1.82, 2.24) is 14.8 Å². The van der Waals surface area contributed by atoms with E-state index in [-0.39, 0.29) is 0 Å². The average molecular weight is 298 g/mol. The van der Waals surface area contributed by atoms with Gasteiger partial charge in [-0.2, -0.15) is 5.10 Å². The Bertz CT molecular complexity index is 756. The van der Waals surface area contributed by atoms with Crippen LogP contribution in [0.4, 0.5) is 5.82 Å². The predicted octanol–water partition coefficient (Wildman–Crippen LogP) is 4.01. The highest BCUT2D eigenvalue weighted by Gasteiger charge is 2.21. The van der Waals surface area contributed by atoms with E-state index in [4.69, 9.17) is 10.8 Å². The number of nitrogens with zero attached hydrogens (tertiary/aromatic N) is 3. The zero-order valence-electron chi connectivity index (χ0n) is 12.4. The van der Waals surface area contributed by atoms with Crippen LogP contribution in [0.3, 0.4) is 0 Å². The number of thiazole rings is 1. The van der Waals surface area contributed by atoms with Crippen LogP contribution in [0.2, 0.25) is 0 Å². The molecule has 0 amide bonds. The minimum atomic E-state index is 0.291. The highest BCUT2D eigenvalue weighted by Crippen LogP contribution is 2.34. The molecule has 0 spiro atoms. The Morgan fingerprint density at radius 3 is 2.48 bits per heavy atom. The van der Waals surface area contributed by atoms with Crippen LogP contribution in [0.15, 0.2) is 35.7 Å². The molecule has 2 heterocycles. The Balaban J connectivity index is 2.21. The van der Waals surface area contributed by atoms with Gasteiger partial charge in [-0.1, -0.05) is 32.0 Å². The number of nitrogens with two attached hydrogens (primary N) is 1. The van der Waals surface area contributed by atoms with Crippen LogP contribution in [-0.4, -0.2) is 14.8 Å². The summed E-state index contributed by atoms with van der Waals surface area (Å²) in [6.45, 7) is 6.26. The van der Waals surface area contributed by atoms with E-state index in [1.807, 2.05) is 42.6 Å². The highest BCUT2D eigenvalue weighted by molar-refractivity contribution is 7.09. The lowest BCUT2D eigenvalue weighted by Crippen LogP contribution is -2.03.